The lowest BCUT2D eigenvalue weighted by molar-refractivity contribution is -0.147. The minimum absolute atomic E-state index is 0.0433. The standard InChI is InChI=1S/C20H22FN2O3P/c1-3-26-20(24)19(21)16(2)27(25)22(17-10-6-4-7-11-17)14-15-23(27)18-12-8-5-9-13-18/h4-13,19H,2-3,14-15H2,1H3. The van der Waals surface area contributed by atoms with Gasteiger partial charge in [-0.05, 0) is 31.2 Å². The van der Waals surface area contributed by atoms with Gasteiger partial charge < -0.3 is 14.1 Å². The molecule has 2 aromatic rings. The Hall–Kier alpha value is -2.59. The second-order valence-electron chi connectivity index (χ2n) is 6.07. The number of nitrogens with zero attached hydrogens (tertiary/aromatic N) is 2. The molecular weight excluding hydrogens is 366 g/mol. The zero-order valence-corrected chi connectivity index (χ0v) is 16.0. The zero-order valence-electron chi connectivity index (χ0n) is 15.1. The minimum atomic E-state index is -3.66. The fraction of sp³-hybridized carbons (Fsp3) is 0.250. The summed E-state index contributed by atoms with van der Waals surface area (Å²) in [4.78, 5) is 12.0. The number of hydrogen-bond acceptors (Lipinski definition) is 3. The molecule has 0 saturated carbocycles. The van der Waals surface area contributed by atoms with E-state index in [4.69, 9.17) is 4.74 Å². The molecule has 1 fully saturated rings. The van der Waals surface area contributed by atoms with E-state index in [0.29, 0.717) is 24.5 Å². The molecule has 0 radical (unpaired) electrons. The third-order valence-electron chi connectivity index (χ3n) is 4.45. The second kappa shape index (κ2) is 7.97. The van der Waals surface area contributed by atoms with Crippen molar-refractivity contribution in [1.82, 2.24) is 0 Å². The fourth-order valence-electron chi connectivity index (χ4n) is 3.17. The summed E-state index contributed by atoms with van der Waals surface area (Å²) in [6.45, 7) is 6.22. The van der Waals surface area contributed by atoms with Gasteiger partial charge in [-0.25, -0.2) is 9.18 Å². The Morgan fingerprint density at radius 2 is 1.52 bits per heavy atom. The van der Waals surface area contributed by atoms with Crippen molar-refractivity contribution in [2.75, 3.05) is 29.0 Å². The number of benzene rings is 2. The zero-order chi connectivity index (χ0) is 19.4. The van der Waals surface area contributed by atoms with E-state index in [0.717, 1.165) is 0 Å². The quantitative estimate of drug-likeness (QED) is 0.534. The number of alkyl halides is 1. The van der Waals surface area contributed by atoms with E-state index in [-0.39, 0.29) is 11.9 Å². The number of esters is 1. The topological polar surface area (TPSA) is 49.9 Å². The molecule has 142 valence electrons. The summed E-state index contributed by atoms with van der Waals surface area (Å²) in [6.07, 6.45) is -2.16. The molecule has 1 aliphatic heterocycles. The second-order valence-corrected chi connectivity index (χ2v) is 8.70. The Morgan fingerprint density at radius 3 is 1.93 bits per heavy atom. The van der Waals surface area contributed by atoms with Crippen LogP contribution in [0.1, 0.15) is 6.92 Å². The largest absolute Gasteiger partial charge is 0.464 e. The monoisotopic (exact) mass is 388 g/mol. The lowest BCUT2D eigenvalue weighted by Gasteiger charge is -2.34. The van der Waals surface area contributed by atoms with E-state index in [1.165, 1.54) is 0 Å². The van der Waals surface area contributed by atoms with Crippen molar-refractivity contribution in [3.8, 4) is 0 Å². The number of para-hydroxylation sites is 2. The number of hydrogen-bond donors (Lipinski definition) is 0. The highest BCUT2D eigenvalue weighted by atomic mass is 31.2. The Labute approximate surface area is 158 Å². The molecular formula is C20H22FN2O3P. The predicted molar refractivity (Wildman–Crippen MR) is 106 cm³/mol. The third-order valence-corrected chi connectivity index (χ3v) is 7.59. The van der Waals surface area contributed by atoms with E-state index < -0.39 is 19.6 Å². The van der Waals surface area contributed by atoms with Crippen molar-refractivity contribution < 1.29 is 18.5 Å². The Kier molecular flexibility index (Phi) is 5.66. The van der Waals surface area contributed by atoms with Crippen LogP contribution in [0.5, 0.6) is 0 Å². The van der Waals surface area contributed by atoms with Crippen LogP contribution >= 0.6 is 7.44 Å². The molecule has 0 N–H and O–H groups in total. The smallest absolute Gasteiger partial charge is 0.345 e. The van der Waals surface area contributed by atoms with Gasteiger partial charge in [-0.15, -0.1) is 0 Å². The van der Waals surface area contributed by atoms with Gasteiger partial charge >= 0.3 is 5.97 Å². The summed E-state index contributed by atoms with van der Waals surface area (Å²) in [5, 5.41) is -0.272. The van der Waals surface area contributed by atoms with Crippen LogP contribution in [0.15, 0.2) is 72.6 Å². The number of rotatable bonds is 6. The van der Waals surface area contributed by atoms with Crippen LogP contribution in [0.3, 0.4) is 0 Å². The molecule has 0 spiro atoms. The number of halogens is 1. The summed E-state index contributed by atoms with van der Waals surface area (Å²) >= 11 is 0. The molecule has 1 heterocycles. The first-order valence-corrected chi connectivity index (χ1v) is 10.4. The Morgan fingerprint density at radius 1 is 1.07 bits per heavy atom. The van der Waals surface area contributed by atoms with Gasteiger partial charge in [-0.3, -0.25) is 4.57 Å². The average molecular weight is 388 g/mol. The molecule has 0 bridgehead atoms. The molecule has 0 aliphatic carbocycles. The minimum Gasteiger partial charge on any atom is -0.464 e. The van der Waals surface area contributed by atoms with E-state index >= 15 is 0 Å². The van der Waals surface area contributed by atoms with E-state index in [2.05, 4.69) is 6.58 Å². The summed E-state index contributed by atoms with van der Waals surface area (Å²) in [5.74, 6) is -1.06. The van der Waals surface area contributed by atoms with Crippen molar-refractivity contribution in [2.45, 2.75) is 13.1 Å². The molecule has 1 aliphatic rings. The van der Waals surface area contributed by atoms with Crippen LogP contribution in [-0.2, 0) is 14.1 Å². The van der Waals surface area contributed by atoms with Crippen LogP contribution in [-0.4, -0.2) is 31.8 Å². The molecule has 1 unspecified atom stereocenters. The maximum atomic E-state index is 14.9. The predicted octanol–water partition coefficient (Wildman–Crippen LogP) is 4.62. The fourth-order valence-corrected chi connectivity index (χ4v) is 6.07. The molecule has 1 atom stereocenters. The SMILES string of the molecule is C=C(C(F)C(=O)OCC)P1(=O)N(c2ccccc2)CCN1c1ccccc1. The summed E-state index contributed by atoms with van der Waals surface area (Å²) in [7, 11) is -3.66. The molecule has 0 aromatic heterocycles. The average Bonchev–Trinajstić information content (AvgIpc) is 3.06. The first-order valence-electron chi connectivity index (χ1n) is 8.76. The first-order chi connectivity index (χ1) is 13.0. The molecule has 2 aromatic carbocycles. The van der Waals surface area contributed by atoms with Crippen molar-refractivity contribution in [1.29, 1.82) is 0 Å². The highest BCUT2D eigenvalue weighted by Gasteiger charge is 2.49. The van der Waals surface area contributed by atoms with Crippen LogP contribution in [0, 0.1) is 0 Å². The maximum Gasteiger partial charge on any atom is 0.345 e. The summed E-state index contributed by atoms with van der Waals surface area (Å²) < 4.78 is 37.2. The maximum absolute atomic E-state index is 14.9. The molecule has 1 saturated heterocycles. The van der Waals surface area contributed by atoms with Crippen molar-refractivity contribution >= 4 is 24.8 Å². The van der Waals surface area contributed by atoms with Gasteiger partial charge in [0.05, 0.1) is 11.9 Å². The highest BCUT2D eigenvalue weighted by molar-refractivity contribution is 7.71. The molecule has 3 rings (SSSR count). The number of ether oxygens (including phenoxy) is 1. The van der Waals surface area contributed by atoms with Gasteiger partial charge in [0.25, 0.3) is 7.44 Å². The van der Waals surface area contributed by atoms with Gasteiger partial charge in [0, 0.05) is 24.5 Å². The van der Waals surface area contributed by atoms with Gasteiger partial charge in [0.15, 0.2) is 0 Å². The highest BCUT2D eigenvalue weighted by Crippen LogP contribution is 2.66. The van der Waals surface area contributed by atoms with Crippen molar-refractivity contribution in [3.05, 3.63) is 72.6 Å². The third kappa shape index (κ3) is 3.50. The number of anilines is 2. The number of carbonyl (C=O) groups excluding carboxylic acids is 1. The van der Waals surface area contributed by atoms with Gasteiger partial charge in [0.1, 0.15) is 0 Å². The van der Waals surface area contributed by atoms with Crippen LogP contribution in [0.2, 0.25) is 0 Å². The van der Waals surface area contributed by atoms with E-state index in [1.54, 1.807) is 16.3 Å². The summed E-state index contributed by atoms with van der Waals surface area (Å²) in [6, 6.07) is 18.3. The van der Waals surface area contributed by atoms with Crippen LogP contribution in [0.25, 0.3) is 0 Å². The van der Waals surface area contributed by atoms with Gasteiger partial charge in [-0.1, -0.05) is 43.0 Å². The Balaban J connectivity index is 2.05. The molecule has 5 nitrogen and oxygen atoms in total. The molecule has 27 heavy (non-hydrogen) atoms. The molecule has 0 amide bonds. The van der Waals surface area contributed by atoms with E-state index in [1.807, 2.05) is 60.7 Å². The van der Waals surface area contributed by atoms with Crippen LogP contribution in [0.4, 0.5) is 15.8 Å². The van der Waals surface area contributed by atoms with Crippen molar-refractivity contribution in [2.24, 2.45) is 0 Å². The lowest BCUT2D eigenvalue weighted by Crippen LogP contribution is -2.28. The van der Waals surface area contributed by atoms with E-state index in [9.17, 15) is 13.8 Å². The van der Waals surface area contributed by atoms with Gasteiger partial charge in [0.2, 0.25) is 6.17 Å². The Bertz CT molecular complexity index is 809. The van der Waals surface area contributed by atoms with Crippen molar-refractivity contribution in [3.63, 3.8) is 0 Å². The first kappa shape index (κ1) is 19.2. The van der Waals surface area contributed by atoms with Crippen LogP contribution < -0.4 is 9.34 Å². The number of carbonyl (C=O) groups is 1. The normalized spacial score (nSPS) is 16.8. The molecule has 7 heteroatoms. The summed E-state index contributed by atoms with van der Waals surface area (Å²) in [5.41, 5.74) is 1.38. The lowest BCUT2D eigenvalue weighted by atomic mass is 10.3. The van der Waals surface area contributed by atoms with Gasteiger partial charge in [-0.2, -0.15) is 0 Å².